The van der Waals surface area contributed by atoms with Crippen molar-refractivity contribution >= 4 is 23.2 Å². The van der Waals surface area contributed by atoms with Gasteiger partial charge in [0.25, 0.3) is 0 Å². The van der Waals surface area contributed by atoms with Crippen molar-refractivity contribution in [3.05, 3.63) is 54.1 Å². The maximum atomic E-state index is 12.3. The number of tetrazole rings is 1. The van der Waals surface area contributed by atoms with Crippen LogP contribution in [0.25, 0.3) is 11.4 Å². The smallest absolute Gasteiger partial charge is 0.227 e. The topological polar surface area (TPSA) is 93.0 Å². The van der Waals surface area contributed by atoms with Gasteiger partial charge in [-0.2, -0.15) is 4.80 Å². The summed E-state index contributed by atoms with van der Waals surface area (Å²) in [6.07, 6.45) is 1.72. The Morgan fingerprint density at radius 1 is 1.10 bits per heavy atom. The second-order valence-electron chi connectivity index (χ2n) is 7.98. The van der Waals surface area contributed by atoms with E-state index in [1.54, 1.807) is 4.90 Å². The lowest BCUT2D eigenvalue weighted by Gasteiger charge is -2.16. The second-order valence-corrected chi connectivity index (χ2v) is 7.98. The fraction of sp³-hybridized carbons (Fsp3) is 0.348. The van der Waals surface area contributed by atoms with Crippen molar-refractivity contribution in [2.75, 3.05) is 16.8 Å². The minimum Gasteiger partial charge on any atom is -0.326 e. The number of nitrogens with one attached hydrogen (secondary N) is 1. The molecule has 1 aromatic heterocycles. The highest BCUT2D eigenvalue weighted by molar-refractivity contribution is 5.96. The quantitative estimate of drug-likeness (QED) is 0.633. The Bertz CT molecular complexity index is 1060. The van der Waals surface area contributed by atoms with Crippen LogP contribution < -0.4 is 10.2 Å². The van der Waals surface area contributed by atoms with Crippen LogP contribution in [0.2, 0.25) is 0 Å². The van der Waals surface area contributed by atoms with E-state index >= 15 is 0 Å². The average Bonchev–Trinajstić information content (AvgIpc) is 3.42. The molecule has 160 valence electrons. The first kappa shape index (κ1) is 20.7. The molecule has 0 spiro atoms. The molecule has 1 aliphatic rings. The van der Waals surface area contributed by atoms with E-state index in [2.05, 4.69) is 46.7 Å². The highest BCUT2D eigenvalue weighted by Crippen LogP contribution is 2.23. The van der Waals surface area contributed by atoms with E-state index < -0.39 is 0 Å². The third kappa shape index (κ3) is 4.96. The molecule has 0 atom stereocenters. The van der Waals surface area contributed by atoms with Gasteiger partial charge in [-0.05, 0) is 47.4 Å². The van der Waals surface area contributed by atoms with E-state index in [1.807, 2.05) is 36.4 Å². The molecule has 2 heterocycles. The van der Waals surface area contributed by atoms with Crippen LogP contribution >= 0.6 is 0 Å². The van der Waals surface area contributed by atoms with Crippen LogP contribution in [0, 0.1) is 0 Å². The number of benzene rings is 2. The first-order valence-corrected chi connectivity index (χ1v) is 10.6. The van der Waals surface area contributed by atoms with E-state index in [1.165, 1.54) is 10.4 Å². The van der Waals surface area contributed by atoms with Crippen LogP contribution in [0.1, 0.15) is 44.6 Å². The molecular weight excluding hydrogens is 392 g/mol. The summed E-state index contributed by atoms with van der Waals surface area (Å²) in [5, 5.41) is 15.4. The summed E-state index contributed by atoms with van der Waals surface area (Å²) in [5.41, 5.74) is 3.71. The maximum absolute atomic E-state index is 12.3. The second kappa shape index (κ2) is 9.07. The molecule has 8 nitrogen and oxygen atoms in total. The molecule has 0 saturated carbocycles. The van der Waals surface area contributed by atoms with Crippen molar-refractivity contribution in [2.45, 2.75) is 45.6 Å². The van der Waals surface area contributed by atoms with E-state index in [0.717, 1.165) is 24.2 Å². The minimum absolute atomic E-state index is 0.134. The lowest BCUT2D eigenvalue weighted by molar-refractivity contribution is -0.117. The number of hydrogen-bond acceptors (Lipinski definition) is 5. The third-order valence-corrected chi connectivity index (χ3v) is 5.36. The Morgan fingerprint density at radius 2 is 1.84 bits per heavy atom. The van der Waals surface area contributed by atoms with Gasteiger partial charge >= 0.3 is 0 Å². The molecule has 0 radical (unpaired) electrons. The molecular formula is C23H26N6O2. The van der Waals surface area contributed by atoms with Gasteiger partial charge in [0.15, 0.2) is 0 Å². The molecule has 2 aromatic carbocycles. The zero-order valence-electron chi connectivity index (χ0n) is 17.8. The van der Waals surface area contributed by atoms with Gasteiger partial charge in [-0.3, -0.25) is 9.59 Å². The van der Waals surface area contributed by atoms with Gasteiger partial charge in [-0.15, -0.1) is 10.2 Å². The molecule has 0 aliphatic carbocycles. The highest BCUT2D eigenvalue weighted by Gasteiger charge is 2.21. The van der Waals surface area contributed by atoms with Crippen LogP contribution in [-0.2, 0) is 16.1 Å². The monoisotopic (exact) mass is 418 g/mol. The fourth-order valence-corrected chi connectivity index (χ4v) is 3.54. The van der Waals surface area contributed by atoms with Gasteiger partial charge < -0.3 is 10.2 Å². The Kier molecular flexibility index (Phi) is 6.06. The summed E-state index contributed by atoms with van der Waals surface area (Å²) in [4.78, 5) is 27.3. The van der Waals surface area contributed by atoms with E-state index in [0.29, 0.717) is 30.4 Å². The number of amides is 2. The number of nitrogens with zero attached hydrogens (tertiary/aromatic N) is 5. The number of carbonyl (C=O) groups is 2. The summed E-state index contributed by atoms with van der Waals surface area (Å²) < 4.78 is 0. The van der Waals surface area contributed by atoms with Crippen molar-refractivity contribution in [3.8, 4) is 11.4 Å². The Balaban J connectivity index is 1.29. The predicted molar refractivity (Wildman–Crippen MR) is 119 cm³/mol. The molecule has 3 aromatic rings. The highest BCUT2D eigenvalue weighted by atomic mass is 16.2. The minimum atomic E-state index is -0.134. The first-order valence-electron chi connectivity index (χ1n) is 10.6. The molecule has 4 rings (SSSR count). The third-order valence-electron chi connectivity index (χ3n) is 5.36. The molecule has 1 N–H and O–H groups in total. The summed E-state index contributed by atoms with van der Waals surface area (Å²) in [6.45, 7) is 5.39. The fourth-order valence-electron chi connectivity index (χ4n) is 3.54. The molecule has 8 heteroatoms. The summed E-state index contributed by atoms with van der Waals surface area (Å²) in [6, 6.07) is 15.4. The zero-order valence-corrected chi connectivity index (χ0v) is 17.8. The first-order chi connectivity index (χ1) is 15.0. The predicted octanol–water partition coefficient (Wildman–Crippen LogP) is 3.62. The van der Waals surface area contributed by atoms with Gasteiger partial charge in [0.05, 0.1) is 6.54 Å². The summed E-state index contributed by atoms with van der Waals surface area (Å²) in [7, 11) is 0. The molecule has 1 fully saturated rings. The number of aromatic nitrogens is 4. The van der Waals surface area contributed by atoms with Crippen LogP contribution in [-0.4, -0.2) is 38.6 Å². The Labute approximate surface area is 181 Å². The van der Waals surface area contributed by atoms with E-state index in [-0.39, 0.29) is 18.2 Å². The molecule has 31 heavy (non-hydrogen) atoms. The normalized spacial score (nSPS) is 13.8. The SMILES string of the molecule is CC(C)c1ccc(-c2nnn(CCC(=O)Nc3ccc(N4CCCC4=O)cc3)n2)cc1. The number of hydrogen-bond donors (Lipinski definition) is 1. The largest absolute Gasteiger partial charge is 0.326 e. The number of anilines is 2. The number of carbonyl (C=O) groups excluding carboxylic acids is 2. The number of aryl methyl sites for hydroxylation is 1. The van der Waals surface area contributed by atoms with Gasteiger partial charge in [0.1, 0.15) is 0 Å². The Hall–Kier alpha value is -3.55. The standard InChI is InChI=1S/C23H26N6O2/c1-16(2)17-5-7-18(8-6-17)23-25-27-29(26-23)15-13-21(30)24-19-9-11-20(12-10-19)28-14-3-4-22(28)31/h5-12,16H,3-4,13-15H2,1-2H3,(H,24,30). The van der Waals surface area contributed by atoms with Crippen LogP contribution in [0.15, 0.2) is 48.5 Å². The summed E-state index contributed by atoms with van der Waals surface area (Å²) in [5.74, 6) is 1.02. The van der Waals surface area contributed by atoms with Gasteiger partial charge in [0.2, 0.25) is 17.6 Å². The molecule has 0 unspecified atom stereocenters. The Morgan fingerprint density at radius 3 is 2.48 bits per heavy atom. The molecule has 2 amide bonds. The molecule has 0 bridgehead atoms. The number of rotatable bonds is 7. The van der Waals surface area contributed by atoms with Gasteiger partial charge in [-0.25, -0.2) is 0 Å². The zero-order chi connectivity index (χ0) is 21.8. The van der Waals surface area contributed by atoms with Gasteiger partial charge in [-0.1, -0.05) is 38.1 Å². The van der Waals surface area contributed by atoms with Crippen molar-refractivity contribution in [1.29, 1.82) is 0 Å². The summed E-state index contributed by atoms with van der Waals surface area (Å²) >= 11 is 0. The van der Waals surface area contributed by atoms with Crippen molar-refractivity contribution in [2.24, 2.45) is 0 Å². The van der Waals surface area contributed by atoms with Crippen molar-refractivity contribution in [1.82, 2.24) is 20.2 Å². The van der Waals surface area contributed by atoms with Crippen LogP contribution in [0.4, 0.5) is 11.4 Å². The van der Waals surface area contributed by atoms with Crippen LogP contribution in [0.3, 0.4) is 0 Å². The van der Waals surface area contributed by atoms with Crippen LogP contribution in [0.5, 0.6) is 0 Å². The average molecular weight is 419 g/mol. The van der Waals surface area contributed by atoms with Crippen molar-refractivity contribution < 1.29 is 9.59 Å². The lowest BCUT2D eigenvalue weighted by Crippen LogP contribution is -2.23. The van der Waals surface area contributed by atoms with E-state index in [4.69, 9.17) is 0 Å². The van der Waals surface area contributed by atoms with Gasteiger partial charge in [0, 0.05) is 36.3 Å². The maximum Gasteiger partial charge on any atom is 0.227 e. The molecule has 1 saturated heterocycles. The molecule has 1 aliphatic heterocycles. The van der Waals surface area contributed by atoms with E-state index in [9.17, 15) is 9.59 Å². The lowest BCUT2D eigenvalue weighted by atomic mass is 10.0. The van der Waals surface area contributed by atoms with Crippen molar-refractivity contribution in [3.63, 3.8) is 0 Å².